The highest BCUT2D eigenvalue weighted by Crippen LogP contribution is 2.39. The van der Waals surface area contributed by atoms with Crippen molar-refractivity contribution in [1.29, 1.82) is 0 Å². The van der Waals surface area contributed by atoms with Gasteiger partial charge in [0.15, 0.2) is 0 Å². The Labute approximate surface area is 119 Å². The molecule has 4 atom stereocenters. The van der Waals surface area contributed by atoms with Gasteiger partial charge in [-0.05, 0) is 49.9 Å². The zero-order valence-electron chi connectivity index (χ0n) is 11.4. The van der Waals surface area contributed by atoms with Crippen LogP contribution in [0.4, 0.5) is 0 Å². The van der Waals surface area contributed by atoms with Crippen LogP contribution >= 0.6 is 15.9 Å². The Morgan fingerprint density at radius 1 is 1.50 bits per heavy atom. The normalized spacial score (nSPS) is 26.1. The summed E-state index contributed by atoms with van der Waals surface area (Å²) in [5, 5.41) is 0. The summed E-state index contributed by atoms with van der Waals surface area (Å²) in [6.45, 7) is 5.58. The van der Waals surface area contributed by atoms with E-state index in [1.165, 1.54) is 12.0 Å². The van der Waals surface area contributed by atoms with Gasteiger partial charge in [-0.1, -0.05) is 35.0 Å². The van der Waals surface area contributed by atoms with E-state index in [-0.39, 0.29) is 6.04 Å². The van der Waals surface area contributed by atoms with Gasteiger partial charge in [0.2, 0.25) is 0 Å². The molecule has 2 rings (SSSR count). The number of rotatable bonds is 5. The number of likely N-dealkylation sites (N-methyl/N-ethyl adjacent to an activating group) is 1. The lowest BCUT2D eigenvalue weighted by atomic mass is 9.99. The zero-order chi connectivity index (χ0) is 13.3. The van der Waals surface area contributed by atoms with E-state index < -0.39 is 0 Å². The van der Waals surface area contributed by atoms with E-state index >= 15 is 0 Å². The summed E-state index contributed by atoms with van der Waals surface area (Å²) < 4.78 is 1.12. The highest BCUT2D eigenvalue weighted by molar-refractivity contribution is 9.10. The molecule has 0 aromatic heterocycles. The van der Waals surface area contributed by atoms with Gasteiger partial charge in [-0.15, -0.1) is 0 Å². The van der Waals surface area contributed by atoms with Crippen molar-refractivity contribution in [3.8, 4) is 0 Å². The van der Waals surface area contributed by atoms with Gasteiger partial charge < -0.3 is 5.73 Å². The molecule has 18 heavy (non-hydrogen) atoms. The monoisotopic (exact) mass is 310 g/mol. The summed E-state index contributed by atoms with van der Waals surface area (Å²) in [4.78, 5) is 2.42. The quantitative estimate of drug-likeness (QED) is 0.903. The van der Waals surface area contributed by atoms with Gasteiger partial charge in [0, 0.05) is 23.1 Å². The number of nitrogens with zero attached hydrogens (tertiary/aromatic N) is 1. The third-order valence-corrected chi connectivity index (χ3v) is 4.45. The molecule has 3 heteroatoms. The van der Waals surface area contributed by atoms with Crippen LogP contribution < -0.4 is 5.73 Å². The van der Waals surface area contributed by atoms with Crippen molar-refractivity contribution in [2.75, 3.05) is 13.6 Å². The smallest absolute Gasteiger partial charge is 0.0494 e. The van der Waals surface area contributed by atoms with Crippen LogP contribution in [0.15, 0.2) is 28.7 Å². The maximum absolute atomic E-state index is 6.19. The number of nitrogens with two attached hydrogens (primary N) is 1. The summed E-state index contributed by atoms with van der Waals surface area (Å²) in [7, 11) is 2.19. The number of hydrogen-bond donors (Lipinski definition) is 1. The van der Waals surface area contributed by atoms with E-state index in [2.05, 4.69) is 66.0 Å². The van der Waals surface area contributed by atoms with E-state index in [1.807, 2.05) is 0 Å². The molecule has 1 fully saturated rings. The maximum Gasteiger partial charge on any atom is 0.0494 e. The molecule has 1 aromatic rings. The molecule has 0 spiro atoms. The Balaban J connectivity index is 2.12. The number of hydrogen-bond acceptors (Lipinski definition) is 2. The summed E-state index contributed by atoms with van der Waals surface area (Å²) >= 11 is 3.54. The largest absolute Gasteiger partial charge is 0.326 e. The molecule has 1 saturated carbocycles. The SMILES string of the molecule is CC(N)C(c1cccc(Br)c1)N(C)CC1CC1C. The predicted octanol–water partition coefficient (Wildman–Crippen LogP) is 3.43. The number of benzene rings is 1. The lowest BCUT2D eigenvalue weighted by Crippen LogP contribution is -2.38. The second kappa shape index (κ2) is 5.72. The minimum absolute atomic E-state index is 0.137. The van der Waals surface area contributed by atoms with Crippen LogP contribution in [0, 0.1) is 11.8 Å². The van der Waals surface area contributed by atoms with E-state index in [9.17, 15) is 0 Å². The van der Waals surface area contributed by atoms with Crippen LogP contribution in [0.5, 0.6) is 0 Å². The molecule has 1 aromatic carbocycles. The predicted molar refractivity (Wildman–Crippen MR) is 80.4 cm³/mol. The van der Waals surface area contributed by atoms with Crippen molar-refractivity contribution in [2.45, 2.75) is 32.4 Å². The molecule has 2 nitrogen and oxygen atoms in total. The molecule has 0 amide bonds. The van der Waals surface area contributed by atoms with E-state index in [4.69, 9.17) is 5.73 Å². The first-order valence-electron chi connectivity index (χ1n) is 6.70. The lowest BCUT2D eigenvalue weighted by Gasteiger charge is -2.31. The molecule has 4 unspecified atom stereocenters. The fourth-order valence-electron chi connectivity index (χ4n) is 2.79. The van der Waals surface area contributed by atoms with Gasteiger partial charge in [-0.2, -0.15) is 0 Å². The van der Waals surface area contributed by atoms with Crippen molar-refractivity contribution in [3.63, 3.8) is 0 Å². The van der Waals surface area contributed by atoms with Crippen molar-refractivity contribution in [3.05, 3.63) is 34.3 Å². The van der Waals surface area contributed by atoms with E-state index in [1.54, 1.807) is 0 Å². The van der Waals surface area contributed by atoms with Gasteiger partial charge in [0.1, 0.15) is 0 Å². The summed E-state index contributed by atoms with van der Waals surface area (Å²) in [6, 6.07) is 8.94. The van der Waals surface area contributed by atoms with Crippen molar-refractivity contribution in [1.82, 2.24) is 4.90 Å². The highest BCUT2D eigenvalue weighted by atomic mass is 79.9. The van der Waals surface area contributed by atoms with Crippen molar-refractivity contribution in [2.24, 2.45) is 17.6 Å². The molecule has 1 aliphatic rings. The van der Waals surface area contributed by atoms with Gasteiger partial charge in [0.25, 0.3) is 0 Å². The Morgan fingerprint density at radius 2 is 2.17 bits per heavy atom. The maximum atomic E-state index is 6.19. The molecule has 1 aliphatic carbocycles. The fourth-order valence-corrected chi connectivity index (χ4v) is 3.20. The van der Waals surface area contributed by atoms with Gasteiger partial charge in [-0.25, -0.2) is 0 Å². The van der Waals surface area contributed by atoms with Crippen LogP contribution in [-0.4, -0.2) is 24.5 Å². The average Bonchev–Trinajstić information content (AvgIpc) is 2.93. The molecule has 0 heterocycles. The fraction of sp³-hybridized carbons (Fsp3) is 0.600. The first-order valence-corrected chi connectivity index (χ1v) is 7.49. The third kappa shape index (κ3) is 3.34. The topological polar surface area (TPSA) is 29.3 Å². The molecular formula is C15H23BrN2. The molecule has 0 radical (unpaired) electrons. The molecular weight excluding hydrogens is 288 g/mol. The van der Waals surface area contributed by atoms with Gasteiger partial charge in [0.05, 0.1) is 0 Å². The van der Waals surface area contributed by atoms with Gasteiger partial charge in [-0.3, -0.25) is 4.90 Å². The lowest BCUT2D eigenvalue weighted by molar-refractivity contribution is 0.208. The minimum Gasteiger partial charge on any atom is -0.326 e. The number of halogens is 1. The average molecular weight is 311 g/mol. The molecule has 0 saturated heterocycles. The second-order valence-electron chi connectivity index (χ2n) is 5.77. The Kier molecular flexibility index (Phi) is 4.46. The van der Waals surface area contributed by atoms with Crippen LogP contribution in [-0.2, 0) is 0 Å². The van der Waals surface area contributed by atoms with Crippen molar-refractivity contribution < 1.29 is 0 Å². The molecule has 100 valence electrons. The molecule has 2 N–H and O–H groups in total. The minimum atomic E-state index is 0.137. The highest BCUT2D eigenvalue weighted by Gasteiger charge is 2.35. The van der Waals surface area contributed by atoms with Gasteiger partial charge >= 0.3 is 0 Å². The van der Waals surface area contributed by atoms with E-state index in [0.717, 1.165) is 22.9 Å². The molecule has 0 bridgehead atoms. The molecule has 0 aliphatic heterocycles. The Morgan fingerprint density at radius 3 is 2.67 bits per heavy atom. The van der Waals surface area contributed by atoms with E-state index in [0.29, 0.717) is 6.04 Å². The third-order valence-electron chi connectivity index (χ3n) is 3.96. The second-order valence-corrected chi connectivity index (χ2v) is 6.69. The van der Waals surface area contributed by atoms with Crippen LogP contribution in [0.3, 0.4) is 0 Å². The zero-order valence-corrected chi connectivity index (χ0v) is 13.0. The Bertz CT molecular complexity index is 405. The summed E-state index contributed by atoms with van der Waals surface area (Å²) in [6.07, 6.45) is 1.37. The van der Waals surface area contributed by atoms with Crippen LogP contribution in [0.2, 0.25) is 0 Å². The van der Waals surface area contributed by atoms with Crippen molar-refractivity contribution >= 4 is 15.9 Å². The summed E-state index contributed by atoms with van der Waals surface area (Å²) in [5.74, 6) is 1.76. The van der Waals surface area contributed by atoms with Crippen LogP contribution in [0.25, 0.3) is 0 Å². The standard InChI is InChI=1S/C15H23BrN2/c1-10-7-13(10)9-18(3)15(11(2)17)12-5-4-6-14(16)8-12/h4-6,8,10-11,13,15H,7,9,17H2,1-3H3. The first kappa shape index (κ1) is 14.0. The first-order chi connectivity index (χ1) is 8.49. The van der Waals surface area contributed by atoms with Crippen LogP contribution in [0.1, 0.15) is 31.9 Å². The Hall–Kier alpha value is -0.380. The summed E-state index contributed by atoms with van der Waals surface area (Å²) in [5.41, 5.74) is 7.49.